The lowest BCUT2D eigenvalue weighted by Crippen LogP contribution is -2.18. The van der Waals surface area contributed by atoms with Crippen LogP contribution in [0, 0.1) is 0 Å². The normalized spacial score (nSPS) is 12.1. The second-order valence-corrected chi connectivity index (χ2v) is 3.57. The van der Waals surface area contributed by atoms with E-state index in [-0.39, 0.29) is 6.10 Å². The highest BCUT2D eigenvalue weighted by Gasteiger charge is 2.04. The van der Waals surface area contributed by atoms with Gasteiger partial charge in [-0.1, -0.05) is 12.2 Å². The monoisotopic (exact) mass is 226 g/mol. The molecule has 1 aromatic rings. The van der Waals surface area contributed by atoms with Crippen molar-refractivity contribution in [2.75, 3.05) is 13.7 Å². The SMILES string of the molecule is COCC(C)Oc1ccc(C(N)=S)cn1. The van der Waals surface area contributed by atoms with Gasteiger partial charge in [0.15, 0.2) is 0 Å². The lowest BCUT2D eigenvalue weighted by atomic mass is 10.3. The van der Waals surface area contributed by atoms with E-state index in [0.29, 0.717) is 17.5 Å². The number of nitrogens with zero attached hydrogens (tertiary/aromatic N) is 1. The Bertz CT molecular complexity index is 327. The number of nitrogens with two attached hydrogens (primary N) is 1. The van der Waals surface area contributed by atoms with Crippen LogP contribution in [0.2, 0.25) is 0 Å². The molecule has 2 N–H and O–H groups in total. The van der Waals surface area contributed by atoms with Gasteiger partial charge in [-0.05, 0) is 13.0 Å². The molecule has 0 amide bonds. The van der Waals surface area contributed by atoms with Crippen LogP contribution in [0.3, 0.4) is 0 Å². The van der Waals surface area contributed by atoms with E-state index in [9.17, 15) is 0 Å². The lowest BCUT2D eigenvalue weighted by molar-refractivity contribution is 0.0890. The zero-order valence-corrected chi connectivity index (χ0v) is 9.58. The molecule has 0 aliphatic carbocycles. The number of aromatic nitrogens is 1. The molecule has 5 heteroatoms. The average molecular weight is 226 g/mol. The summed E-state index contributed by atoms with van der Waals surface area (Å²) in [4.78, 5) is 4.41. The van der Waals surface area contributed by atoms with Crippen molar-refractivity contribution in [2.24, 2.45) is 5.73 Å². The fourth-order valence-corrected chi connectivity index (χ4v) is 1.19. The molecule has 4 nitrogen and oxygen atoms in total. The molecular weight excluding hydrogens is 212 g/mol. The van der Waals surface area contributed by atoms with Gasteiger partial charge in [-0.3, -0.25) is 0 Å². The molecule has 0 saturated heterocycles. The minimum absolute atomic E-state index is 0.0295. The topological polar surface area (TPSA) is 57.4 Å². The Morgan fingerprint density at radius 2 is 2.33 bits per heavy atom. The van der Waals surface area contributed by atoms with Crippen LogP contribution >= 0.6 is 12.2 Å². The number of hydrogen-bond donors (Lipinski definition) is 1. The first-order valence-corrected chi connectivity index (χ1v) is 4.95. The summed E-state index contributed by atoms with van der Waals surface area (Å²) in [5.41, 5.74) is 6.18. The minimum atomic E-state index is -0.0295. The summed E-state index contributed by atoms with van der Waals surface area (Å²) in [5, 5.41) is 0. The molecule has 1 unspecified atom stereocenters. The molecule has 1 atom stereocenters. The predicted molar refractivity (Wildman–Crippen MR) is 62.1 cm³/mol. The second kappa shape index (κ2) is 5.63. The molecular formula is C10H14N2O2S. The van der Waals surface area contributed by atoms with E-state index < -0.39 is 0 Å². The van der Waals surface area contributed by atoms with Crippen LogP contribution < -0.4 is 10.5 Å². The largest absolute Gasteiger partial charge is 0.472 e. The first kappa shape index (κ1) is 11.9. The van der Waals surface area contributed by atoms with Crippen LogP contribution in [0.15, 0.2) is 18.3 Å². The first-order chi connectivity index (χ1) is 7.13. The van der Waals surface area contributed by atoms with Gasteiger partial charge in [-0.2, -0.15) is 0 Å². The third-order valence-electron chi connectivity index (χ3n) is 1.74. The molecule has 0 bridgehead atoms. The molecule has 0 fully saturated rings. The highest BCUT2D eigenvalue weighted by Crippen LogP contribution is 2.09. The van der Waals surface area contributed by atoms with E-state index in [1.165, 1.54) is 0 Å². The average Bonchev–Trinajstić information content (AvgIpc) is 2.18. The number of methoxy groups -OCH3 is 1. The Morgan fingerprint density at radius 1 is 1.60 bits per heavy atom. The third-order valence-corrected chi connectivity index (χ3v) is 1.98. The fourth-order valence-electron chi connectivity index (χ4n) is 1.07. The summed E-state index contributed by atoms with van der Waals surface area (Å²) in [7, 11) is 1.63. The van der Waals surface area contributed by atoms with Gasteiger partial charge in [0.25, 0.3) is 0 Å². The van der Waals surface area contributed by atoms with E-state index in [4.69, 9.17) is 27.4 Å². The van der Waals surface area contributed by atoms with Crippen molar-refractivity contribution >= 4 is 17.2 Å². The molecule has 0 spiro atoms. The maximum absolute atomic E-state index is 5.47. The van der Waals surface area contributed by atoms with Crippen LogP contribution in [-0.2, 0) is 4.74 Å². The van der Waals surface area contributed by atoms with Gasteiger partial charge in [-0.25, -0.2) is 4.98 Å². The first-order valence-electron chi connectivity index (χ1n) is 4.55. The van der Waals surface area contributed by atoms with Crippen molar-refractivity contribution in [1.82, 2.24) is 4.98 Å². The third kappa shape index (κ3) is 3.81. The van der Waals surface area contributed by atoms with Crippen molar-refractivity contribution in [1.29, 1.82) is 0 Å². The molecule has 0 aliphatic heterocycles. The van der Waals surface area contributed by atoms with Crippen LogP contribution in [0.5, 0.6) is 5.88 Å². The maximum Gasteiger partial charge on any atom is 0.213 e. The van der Waals surface area contributed by atoms with Gasteiger partial charge >= 0.3 is 0 Å². The minimum Gasteiger partial charge on any atom is -0.472 e. The molecule has 1 rings (SSSR count). The molecule has 15 heavy (non-hydrogen) atoms. The zero-order valence-electron chi connectivity index (χ0n) is 8.77. The quantitative estimate of drug-likeness (QED) is 0.763. The summed E-state index contributed by atoms with van der Waals surface area (Å²) in [6.07, 6.45) is 1.56. The maximum atomic E-state index is 5.47. The molecule has 1 aromatic heterocycles. The smallest absolute Gasteiger partial charge is 0.213 e. The highest BCUT2D eigenvalue weighted by molar-refractivity contribution is 7.80. The van der Waals surface area contributed by atoms with E-state index in [1.807, 2.05) is 6.92 Å². The molecule has 1 heterocycles. The van der Waals surface area contributed by atoms with Gasteiger partial charge in [0.2, 0.25) is 5.88 Å². The summed E-state index contributed by atoms with van der Waals surface area (Å²) >= 11 is 4.81. The molecule has 0 aliphatic rings. The van der Waals surface area contributed by atoms with Gasteiger partial charge in [0.05, 0.1) is 6.61 Å². The summed E-state index contributed by atoms with van der Waals surface area (Å²) in [6.45, 7) is 2.44. The van der Waals surface area contributed by atoms with Crippen molar-refractivity contribution in [3.05, 3.63) is 23.9 Å². The second-order valence-electron chi connectivity index (χ2n) is 3.13. The molecule has 0 aromatic carbocycles. The highest BCUT2D eigenvalue weighted by atomic mass is 32.1. The van der Waals surface area contributed by atoms with Crippen molar-refractivity contribution in [2.45, 2.75) is 13.0 Å². The number of pyridine rings is 1. The Morgan fingerprint density at radius 3 is 2.80 bits per heavy atom. The van der Waals surface area contributed by atoms with Crippen molar-refractivity contribution in [3.8, 4) is 5.88 Å². The fraction of sp³-hybridized carbons (Fsp3) is 0.400. The van der Waals surface area contributed by atoms with Crippen molar-refractivity contribution < 1.29 is 9.47 Å². The Kier molecular flexibility index (Phi) is 4.45. The molecule has 82 valence electrons. The van der Waals surface area contributed by atoms with Crippen LogP contribution in [0.1, 0.15) is 12.5 Å². The molecule has 0 saturated carbocycles. The van der Waals surface area contributed by atoms with Gasteiger partial charge in [0, 0.05) is 24.9 Å². The number of thiocarbonyl (C=S) groups is 1. The van der Waals surface area contributed by atoms with E-state index in [2.05, 4.69) is 4.98 Å². The van der Waals surface area contributed by atoms with Crippen LogP contribution in [0.4, 0.5) is 0 Å². The summed E-state index contributed by atoms with van der Waals surface area (Å²) in [5.74, 6) is 0.541. The lowest BCUT2D eigenvalue weighted by Gasteiger charge is -2.12. The van der Waals surface area contributed by atoms with Crippen LogP contribution in [-0.4, -0.2) is 29.8 Å². The molecule has 0 radical (unpaired) electrons. The summed E-state index contributed by atoms with van der Waals surface area (Å²) < 4.78 is 10.4. The van der Waals surface area contributed by atoms with E-state index in [1.54, 1.807) is 25.4 Å². The zero-order chi connectivity index (χ0) is 11.3. The Balaban J connectivity index is 2.60. The van der Waals surface area contributed by atoms with Gasteiger partial charge in [-0.15, -0.1) is 0 Å². The Hall–Kier alpha value is -1.20. The number of rotatable bonds is 5. The van der Waals surface area contributed by atoms with Crippen LogP contribution in [0.25, 0.3) is 0 Å². The Labute approximate surface area is 94.4 Å². The summed E-state index contributed by atoms with van der Waals surface area (Å²) in [6, 6.07) is 3.52. The van der Waals surface area contributed by atoms with Crippen molar-refractivity contribution in [3.63, 3.8) is 0 Å². The number of ether oxygens (including phenoxy) is 2. The van der Waals surface area contributed by atoms with Gasteiger partial charge in [0.1, 0.15) is 11.1 Å². The van der Waals surface area contributed by atoms with Gasteiger partial charge < -0.3 is 15.2 Å². The van der Waals surface area contributed by atoms with E-state index >= 15 is 0 Å². The standard InChI is InChI=1S/C10H14N2O2S/c1-7(6-13-2)14-9-4-3-8(5-12-9)10(11)15/h3-5,7H,6H2,1-2H3,(H2,11,15). The predicted octanol–water partition coefficient (Wildman–Crippen LogP) is 1.13. The number of hydrogen-bond acceptors (Lipinski definition) is 4. The van der Waals surface area contributed by atoms with E-state index in [0.717, 1.165) is 5.56 Å².